The van der Waals surface area contributed by atoms with Gasteiger partial charge < -0.3 is 9.30 Å². The van der Waals surface area contributed by atoms with Crippen LogP contribution >= 0.6 is 15.9 Å². The minimum atomic E-state index is 0.229. The smallest absolute Gasteiger partial charge is 0.125 e. The lowest BCUT2D eigenvalue weighted by molar-refractivity contribution is 0.298. The molecule has 0 aliphatic rings. The van der Waals surface area contributed by atoms with Gasteiger partial charge in [0.1, 0.15) is 12.4 Å². The van der Waals surface area contributed by atoms with E-state index in [1.165, 1.54) is 5.56 Å². The molecule has 1 atom stereocenters. The van der Waals surface area contributed by atoms with Crippen LogP contribution in [0, 0.1) is 6.07 Å². The van der Waals surface area contributed by atoms with E-state index in [-0.39, 0.29) is 6.04 Å². The van der Waals surface area contributed by atoms with Gasteiger partial charge >= 0.3 is 0 Å². The molecule has 3 aromatic rings. The molecule has 0 bridgehead atoms. The van der Waals surface area contributed by atoms with Gasteiger partial charge in [-0.05, 0) is 36.2 Å². The molecular formula is C20H20BrN2O. The van der Waals surface area contributed by atoms with E-state index < -0.39 is 0 Å². The molecule has 1 radical (unpaired) electrons. The van der Waals surface area contributed by atoms with Crippen molar-refractivity contribution in [3.63, 3.8) is 0 Å². The lowest BCUT2D eigenvalue weighted by Gasteiger charge is -2.21. The molecule has 4 heteroatoms. The van der Waals surface area contributed by atoms with Gasteiger partial charge in [-0.1, -0.05) is 53.5 Å². The maximum atomic E-state index is 6.11. The molecule has 1 unspecified atom stereocenters. The van der Waals surface area contributed by atoms with Gasteiger partial charge in [-0.15, -0.1) is 0 Å². The quantitative estimate of drug-likeness (QED) is 0.544. The average Bonchev–Trinajstić information content (AvgIpc) is 3.14. The lowest BCUT2D eigenvalue weighted by atomic mass is 10.0. The summed E-state index contributed by atoms with van der Waals surface area (Å²) in [5, 5.41) is 0. The highest BCUT2D eigenvalue weighted by atomic mass is 79.9. The minimum absolute atomic E-state index is 0.229. The summed E-state index contributed by atoms with van der Waals surface area (Å²) in [6.07, 6.45) is 7.83. The van der Waals surface area contributed by atoms with Crippen molar-refractivity contribution in [2.24, 2.45) is 0 Å². The fraction of sp³-hybridized carbons (Fsp3) is 0.250. The molecule has 2 aromatic carbocycles. The molecule has 0 spiro atoms. The highest BCUT2D eigenvalue weighted by Crippen LogP contribution is 2.31. The van der Waals surface area contributed by atoms with Crippen LogP contribution in [0.1, 0.15) is 36.9 Å². The summed E-state index contributed by atoms with van der Waals surface area (Å²) in [5.41, 5.74) is 2.31. The number of imidazole rings is 1. The number of benzene rings is 2. The number of nitrogens with zero attached hydrogens (tertiary/aromatic N) is 2. The van der Waals surface area contributed by atoms with Gasteiger partial charge in [0.15, 0.2) is 0 Å². The topological polar surface area (TPSA) is 27.1 Å². The summed E-state index contributed by atoms with van der Waals surface area (Å²) in [7, 11) is 0. The molecule has 3 rings (SSSR count). The number of hydrogen-bond donors (Lipinski definition) is 0. The van der Waals surface area contributed by atoms with Crippen molar-refractivity contribution in [3.05, 3.63) is 82.9 Å². The zero-order valence-electron chi connectivity index (χ0n) is 13.7. The average molecular weight is 384 g/mol. The Hall–Kier alpha value is -2.07. The van der Waals surface area contributed by atoms with E-state index in [1.54, 1.807) is 0 Å². The highest BCUT2D eigenvalue weighted by molar-refractivity contribution is 9.10. The van der Waals surface area contributed by atoms with Gasteiger partial charge in [0.25, 0.3) is 0 Å². The number of halogens is 1. The molecule has 24 heavy (non-hydrogen) atoms. The summed E-state index contributed by atoms with van der Waals surface area (Å²) in [5.74, 6) is 0.882. The number of rotatable bonds is 7. The molecule has 123 valence electrons. The molecule has 0 saturated carbocycles. The van der Waals surface area contributed by atoms with E-state index in [0.29, 0.717) is 6.61 Å². The zero-order valence-corrected chi connectivity index (χ0v) is 15.2. The fourth-order valence-corrected chi connectivity index (χ4v) is 3.03. The first-order valence-corrected chi connectivity index (χ1v) is 8.92. The molecule has 1 heterocycles. The third-order valence-corrected chi connectivity index (χ3v) is 4.50. The third-order valence-electron chi connectivity index (χ3n) is 3.97. The van der Waals surface area contributed by atoms with E-state index in [2.05, 4.69) is 56.7 Å². The zero-order chi connectivity index (χ0) is 16.8. The summed E-state index contributed by atoms with van der Waals surface area (Å²) < 4.78 is 9.32. The molecule has 0 amide bonds. The summed E-state index contributed by atoms with van der Waals surface area (Å²) in [6, 6.07) is 17.5. The Morgan fingerprint density at radius 1 is 1.25 bits per heavy atom. The Bertz CT molecular complexity index is 754. The monoisotopic (exact) mass is 383 g/mol. The molecule has 3 nitrogen and oxygen atoms in total. The van der Waals surface area contributed by atoms with E-state index >= 15 is 0 Å². The maximum absolute atomic E-state index is 6.11. The SMILES string of the molecule is CCCC(c1cc[c]cc1OCc1ccc(Br)cc1)n1ccnc1. The van der Waals surface area contributed by atoms with Gasteiger partial charge in [-0.2, -0.15) is 0 Å². The van der Waals surface area contributed by atoms with Crippen LogP contribution in [0.25, 0.3) is 0 Å². The first-order valence-electron chi connectivity index (χ1n) is 8.12. The number of ether oxygens (including phenoxy) is 1. The van der Waals surface area contributed by atoms with Crippen molar-refractivity contribution in [1.82, 2.24) is 9.55 Å². The third kappa shape index (κ3) is 4.06. The van der Waals surface area contributed by atoms with Gasteiger partial charge in [-0.3, -0.25) is 0 Å². The van der Waals surface area contributed by atoms with E-state index in [9.17, 15) is 0 Å². The van der Waals surface area contributed by atoms with Crippen molar-refractivity contribution in [3.8, 4) is 5.75 Å². The Labute approximate surface area is 151 Å². The molecule has 0 fully saturated rings. The molecular weight excluding hydrogens is 364 g/mol. The predicted molar refractivity (Wildman–Crippen MR) is 99.0 cm³/mol. The van der Waals surface area contributed by atoms with Crippen molar-refractivity contribution < 1.29 is 4.74 Å². The Morgan fingerprint density at radius 3 is 2.79 bits per heavy atom. The van der Waals surface area contributed by atoms with Gasteiger partial charge in [0, 0.05) is 22.4 Å². The van der Waals surface area contributed by atoms with E-state index in [4.69, 9.17) is 4.74 Å². The lowest BCUT2D eigenvalue weighted by Crippen LogP contribution is -2.11. The van der Waals surface area contributed by atoms with Crippen LogP contribution in [0.15, 0.2) is 65.7 Å². The Balaban J connectivity index is 1.82. The second kappa shape index (κ2) is 8.15. The van der Waals surface area contributed by atoms with Crippen molar-refractivity contribution >= 4 is 15.9 Å². The van der Waals surface area contributed by atoms with Crippen LogP contribution in [-0.4, -0.2) is 9.55 Å². The molecule has 1 aromatic heterocycles. The fourth-order valence-electron chi connectivity index (χ4n) is 2.76. The molecule has 0 N–H and O–H groups in total. The van der Waals surface area contributed by atoms with Crippen LogP contribution in [0.5, 0.6) is 5.75 Å². The Morgan fingerprint density at radius 2 is 2.08 bits per heavy atom. The summed E-state index contributed by atoms with van der Waals surface area (Å²) in [6.45, 7) is 2.74. The number of aromatic nitrogens is 2. The van der Waals surface area contributed by atoms with Crippen molar-refractivity contribution in [2.75, 3.05) is 0 Å². The summed E-state index contributed by atoms with van der Waals surface area (Å²) >= 11 is 3.46. The summed E-state index contributed by atoms with van der Waals surface area (Å²) in [4.78, 5) is 4.19. The first-order chi connectivity index (χ1) is 11.8. The number of hydrogen-bond acceptors (Lipinski definition) is 2. The van der Waals surface area contributed by atoms with Crippen LogP contribution in [-0.2, 0) is 6.61 Å². The van der Waals surface area contributed by atoms with Gasteiger partial charge in [0.2, 0.25) is 0 Å². The second-order valence-electron chi connectivity index (χ2n) is 5.69. The molecule has 0 saturated heterocycles. The van der Waals surface area contributed by atoms with Gasteiger partial charge in [0.05, 0.1) is 12.4 Å². The van der Waals surface area contributed by atoms with Crippen LogP contribution < -0.4 is 4.74 Å². The van der Waals surface area contributed by atoms with Crippen LogP contribution in [0.3, 0.4) is 0 Å². The Kier molecular flexibility index (Phi) is 5.70. The minimum Gasteiger partial charge on any atom is -0.489 e. The van der Waals surface area contributed by atoms with Crippen LogP contribution in [0.4, 0.5) is 0 Å². The van der Waals surface area contributed by atoms with Crippen molar-refractivity contribution in [1.29, 1.82) is 0 Å². The van der Waals surface area contributed by atoms with Gasteiger partial charge in [-0.25, -0.2) is 4.98 Å². The van der Waals surface area contributed by atoms with Crippen LogP contribution in [0.2, 0.25) is 0 Å². The molecule has 0 aliphatic heterocycles. The molecule has 0 aliphatic carbocycles. The van der Waals surface area contributed by atoms with E-state index in [1.807, 2.05) is 43.0 Å². The highest BCUT2D eigenvalue weighted by Gasteiger charge is 2.17. The second-order valence-corrected chi connectivity index (χ2v) is 6.61. The first kappa shape index (κ1) is 16.8. The normalized spacial score (nSPS) is 12.1. The van der Waals surface area contributed by atoms with Crippen molar-refractivity contribution in [2.45, 2.75) is 32.4 Å². The predicted octanol–water partition coefficient (Wildman–Crippen LogP) is 5.41. The van der Waals surface area contributed by atoms with E-state index in [0.717, 1.165) is 28.6 Å². The standard InChI is InChI=1S/C20H20BrN2O/c1-2-5-19(23-13-12-22-15-23)18-6-3-4-7-20(18)24-14-16-8-10-17(21)11-9-16/h3,6-13,15,19H,2,5,14H2,1H3. The maximum Gasteiger partial charge on any atom is 0.125 e. The largest absolute Gasteiger partial charge is 0.489 e.